The van der Waals surface area contributed by atoms with Gasteiger partial charge >= 0.3 is 0 Å². The lowest BCUT2D eigenvalue weighted by Crippen LogP contribution is -2.29. The van der Waals surface area contributed by atoms with Crippen LogP contribution < -0.4 is 21.3 Å². The fraction of sp³-hybridized carbons (Fsp3) is 0.455. The van der Waals surface area contributed by atoms with Crippen molar-refractivity contribution >= 4 is 28.5 Å². The highest BCUT2D eigenvalue weighted by atomic mass is 15.2. The number of rotatable bonds is 4. The van der Waals surface area contributed by atoms with Crippen molar-refractivity contribution in [3.8, 4) is 6.07 Å². The molecule has 31 heavy (non-hydrogen) atoms. The maximum atomic E-state index is 9.48. The Morgan fingerprint density at radius 3 is 2.81 bits per heavy atom. The summed E-state index contributed by atoms with van der Waals surface area (Å²) in [5.74, 6) is 0.588. The van der Waals surface area contributed by atoms with Crippen LogP contribution in [0.3, 0.4) is 0 Å². The molecule has 0 aromatic carbocycles. The molecular formula is C22H31N9. The minimum atomic E-state index is 0.147. The van der Waals surface area contributed by atoms with Gasteiger partial charge in [0.25, 0.3) is 0 Å². The van der Waals surface area contributed by atoms with Crippen LogP contribution in [0, 0.1) is 18.3 Å². The third-order valence-electron chi connectivity index (χ3n) is 5.25. The van der Waals surface area contributed by atoms with E-state index in [1.807, 2.05) is 33.2 Å². The van der Waals surface area contributed by atoms with Crippen LogP contribution in [-0.4, -0.2) is 45.7 Å². The predicted molar refractivity (Wildman–Crippen MR) is 125 cm³/mol. The van der Waals surface area contributed by atoms with Crippen LogP contribution in [0.25, 0.3) is 11.0 Å². The second-order valence-corrected chi connectivity index (χ2v) is 7.23. The number of hydrogen-bond acceptors (Lipinski definition) is 8. The number of fused-ring (bicyclic) bond motifs is 1. The van der Waals surface area contributed by atoms with Gasteiger partial charge in [-0.2, -0.15) is 10.2 Å². The molecule has 0 unspecified atom stereocenters. The predicted octanol–water partition coefficient (Wildman–Crippen LogP) is 2.56. The molecular weight excluding hydrogens is 390 g/mol. The number of nitrogens with two attached hydrogens (primary N) is 1. The van der Waals surface area contributed by atoms with Gasteiger partial charge in [0.15, 0.2) is 0 Å². The molecule has 0 radical (unpaired) electrons. The molecule has 0 spiro atoms. The van der Waals surface area contributed by atoms with Gasteiger partial charge in [-0.15, -0.1) is 0 Å². The minimum absolute atomic E-state index is 0.147. The third kappa shape index (κ3) is 4.86. The quantitative estimate of drug-likeness (QED) is 0.588. The molecule has 4 heterocycles. The van der Waals surface area contributed by atoms with Gasteiger partial charge in [-0.25, -0.2) is 9.97 Å². The van der Waals surface area contributed by atoms with E-state index in [4.69, 9.17) is 10.7 Å². The number of pyridine rings is 1. The molecule has 1 fully saturated rings. The lowest BCUT2D eigenvalue weighted by molar-refractivity contribution is 0.724. The Hall–Kier alpha value is -3.38. The zero-order valence-corrected chi connectivity index (χ0v) is 18.7. The minimum Gasteiger partial charge on any atom is -0.369 e. The highest BCUT2D eigenvalue weighted by Crippen LogP contribution is 2.27. The van der Waals surface area contributed by atoms with E-state index in [2.05, 4.69) is 42.2 Å². The van der Waals surface area contributed by atoms with Gasteiger partial charge in [0.05, 0.1) is 34.7 Å². The number of anilines is 3. The molecule has 9 nitrogen and oxygen atoms in total. The van der Waals surface area contributed by atoms with Gasteiger partial charge in [0, 0.05) is 32.9 Å². The molecule has 1 aliphatic heterocycles. The summed E-state index contributed by atoms with van der Waals surface area (Å²) in [4.78, 5) is 15.6. The number of hydrogen-bond donors (Lipinski definition) is 3. The Bertz CT molecular complexity index is 1070. The molecule has 3 aromatic rings. The van der Waals surface area contributed by atoms with Crippen molar-refractivity contribution in [3.63, 3.8) is 0 Å². The van der Waals surface area contributed by atoms with Gasteiger partial charge in [-0.3, -0.25) is 0 Å². The third-order valence-corrected chi connectivity index (χ3v) is 5.25. The highest BCUT2D eigenvalue weighted by Gasteiger charge is 2.18. The van der Waals surface area contributed by atoms with Crippen molar-refractivity contribution in [1.82, 2.24) is 24.8 Å². The summed E-state index contributed by atoms with van der Waals surface area (Å²) in [5.41, 5.74) is 10.8. The molecule has 164 valence electrons. The van der Waals surface area contributed by atoms with Crippen molar-refractivity contribution in [2.24, 2.45) is 7.05 Å². The standard InChI is InChI=1S/C20H25N9.C2H6/c1-13-14(11-21)19(27-20(22)25-13)24-12-16-18(29-7-3-5-23-6-9-29)10-17-15(26-16)4-8-28(17)2;1-2/h4,8,10,23H,3,5-7,9,12H2,1-2H3,(H3,22,24,25,27);1-2H3. The summed E-state index contributed by atoms with van der Waals surface area (Å²) in [6.07, 6.45) is 3.10. The summed E-state index contributed by atoms with van der Waals surface area (Å²) in [7, 11) is 2.03. The van der Waals surface area contributed by atoms with Crippen molar-refractivity contribution in [1.29, 1.82) is 5.26 Å². The Morgan fingerprint density at radius 1 is 1.23 bits per heavy atom. The van der Waals surface area contributed by atoms with Crippen LogP contribution in [0.5, 0.6) is 0 Å². The van der Waals surface area contributed by atoms with E-state index < -0.39 is 0 Å². The summed E-state index contributed by atoms with van der Waals surface area (Å²) in [6, 6.07) is 6.38. The second kappa shape index (κ2) is 10.1. The fourth-order valence-electron chi connectivity index (χ4n) is 3.73. The number of nitrogen functional groups attached to an aromatic ring is 1. The number of nitrogens with one attached hydrogen (secondary N) is 2. The van der Waals surface area contributed by atoms with E-state index in [1.165, 1.54) is 0 Å². The average Bonchev–Trinajstić information content (AvgIpc) is 2.96. The molecule has 0 atom stereocenters. The summed E-state index contributed by atoms with van der Waals surface area (Å²) in [5, 5.41) is 16.2. The molecule has 1 aliphatic rings. The fourth-order valence-corrected chi connectivity index (χ4v) is 3.73. The number of nitrogens with zero attached hydrogens (tertiary/aromatic N) is 6. The molecule has 4 rings (SSSR count). The Kier molecular flexibility index (Phi) is 7.26. The summed E-state index contributed by atoms with van der Waals surface area (Å²) < 4.78 is 2.08. The van der Waals surface area contributed by atoms with Crippen LogP contribution >= 0.6 is 0 Å². The first-order valence-electron chi connectivity index (χ1n) is 10.8. The highest BCUT2D eigenvalue weighted by molar-refractivity contribution is 5.81. The molecule has 0 saturated carbocycles. The van der Waals surface area contributed by atoms with Crippen LogP contribution in [0.2, 0.25) is 0 Å². The number of aromatic nitrogens is 4. The molecule has 9 heteroatoms. The van der Waals surface area contributed by atoms with Crippen molar-refractivity contribution in [3.05, 3.63) is 35.3 Å². The van der Waals surface area contributed by atoms with E-state index >= 15 is 0 Å². The van der Waals surface area contributed by atoms with Gasteiger partial charge in [-0.05, 0) is 32.0 Å². The lowest BCUT2D eigenvalue weighted by Gasteiger charge is -2.25. The maximum absolute atomic E-state index is 9.48. The van der Waals surface area contributed by atoms with Crippen LogP contribution in [0.4, 0.5) is 17.5 Å². The molecule has 0 bridgehead atoms. The van der Waals surface area contributed by atoms with Crippen LogP contribution in [-0.2, 0) is 13.6 Å². The van der Waals surface area contributed by atoms with Gasteiger partial charge in [-0.1, -0.05) is 13.8 Å². The lowest BCUT2D eigenvalue weighted by atomic mass is 10.2. The van der Waals surface area contributed by atoms with Crippen molar-refractivity contribution in [2.45, 2.75) is 33.7 Å². The Balaban J connectivity index is 0.00000132. The van der Waals surface area contributed by atoms with E-state index in [0.717, 1.165) is 55.0 Å². The van der Waals surface area contributed by atoms with Gasteiger partial charge in [0.1, 0.15) is 17.5 Å². The molecule has 3 aromatic heterocycles. The maximum Gasteiger partial charge on any atom is 0.222 e. The average molecular weight is 422 g/mol. The van der Waals surface area contributed by atoms with Crippen LogP contribution in [0.15, 0.2) is 18.3 Å². The van der Waals surface area contributed by atoms with Crippen LogP contribution in [0.1, 0.15) is 37.2 Å². The second-order valence-electron chi connectivity index (χ2n) is 7.23. The van der Waals surface area contributed by atoms with E-state index in [0.29, 0.717) is 23.6 Å². The van der Waals surface area contributed by atoms with E-state index in [1.54, 1.807) is 6.92 Å². The smallest absolute Gasteiger partial charge is 0.222 e. The van der Waals surface area contributed by atoms with Gasteiger partial charge in [0.2, 0.25) is 5.95 Å². The van der Waals surface area contributed by atoms with E-state index in [-0.39, 0.29) is 5.95 Å². The molecule has 4 N–H and O–H groups in total. The number of aryl methyl sites for hydroxylation is 2. The van der Waals surface area contributed by atoms with Crippen molar-refractivity contribution < 1.29 is 0 Å². The first kappa shape index (κ1) is 22.3. The Labute approximate surface area is 183 Å². The number of nitriles is 1. The van der Waals surface area contributed by atoms with Crippen molar-refractivity contribution in [2.75, 3.05) is 42.1 Å². The monoisotopic (exact) mass is 421 g/mol. The molecule has 1 saturated heterocycles. The first-order valence-corrected chi connectivity index (χ1v) is 10.8. The topological polar surface area (TPSA) is 121 Å². The SMILES string of the molecule is CC.Cc1nc(N)nc(NCc2nc3ccn(C)c3cc2N2CCCNCC2)c1C#N. The molecule has 0 amide bonds. The molecule has 0 aliphatic carbocycles. The summed E-state index contributed by atoms with van der Waals surface area (Å²) >= 11 is 0. The normalized spacial score (nSPS) is 13.8. The first-order chi connectivity index (χ1) is 15.1. The zero-order chi connectivity index (χ0) is 22.4. The summed E-state index contributed by atoms with van der Waals surface area (Å²) in [6.45, 7) is 10.1. The largest absolute Gasteiger partial charge is 0.369 e. The Morgan fingerprint density at radius 2 is 2.03 bits per heavy atom. The van der Waals surface area contributed by atoms with E-state index in [9.17, 15) is 5.26 Å². The zero-order valence-electron chi connectivity index (χ0n) is 18.7. The van der Waals surface area contributed by atoms with Gasteiger partial charge < -0.3 is 25.8 Å².